The average Bonchev–Trinajstić information content (AvgIpc) is 3.03. The standard InChI is InChI=1S/C16H26O3/c1-2-3-8-13-16(17,18-14-9-4-5-10-14)19-15-11-6-7-12-15/h9,11,17H,2-8,10,12-13H2,1H3. The number of hydrogen-bond donors (Lipinski definition) is 1. The molecule has 0 amide bonds. The van der Waals surface area contributed by atoms with Gasteiger partial charge in [-0.15, -0.1) is 0 Å². The predicted molar refractivity (Wildman–Crippen MR) is 75.1 cm³/mol. The fourth-order valence-corrected chi connectivity index (χ4v) is 2.60. The summed E-state index contributed by atoms with van der Waals surface area (Å²) in [6.07, 6.45) is 14.0. The first-order chi connectivity index (χ1) is 9.22. The summed E-state index contributed by atoms with van der Waals surface area (Å²) in [5, 5.41) is 10.6. The van der Waals surface area contributed by atoms with E-state index < -0.39 is 5.97 Å². The first-order valence-corrected chi connectivity index (χ1v) is 7.70. The van der Waals surface area contributed by atoms with Crippen LogP contribution < -0.4 is 0 Å². The summed E-state index contributed by atoms with van der Waals surface area (Å²) in [5.74, 6) is 0.316. The van der Waals surface area contributed by atoms with Gasteiger partial charge < -0.3 is 14.6 Å². The molecular weight excluding hydrogens is 240 g/mol. The lowest BCUT2D eigenvalue weighted by molar-refractivity contribution is -0.333. The summed E-state index contributed by atoms with van der Waals surface area (Å²) in [7, 11) is 0. The lowest BCUT2D eigenvalue weighted by atomic mass is 10.2. The van der Waals surface area contributed by atoms with Gasteiger partial charge in [-0.2, -0.15) is 0 Å². The molecule has 2 aliphatic rings. The van der Waals surface area contributed by atoms with Gasteiger partial charge in [-0.25, -0.2) is 0 Å². The van der Waals surface area contributed by atoms with E-state index in [-0.39, 0.29) is 0 Å². The van der Waals surface area contributed by atoms with Crippen molar-refractivity contribution >= 4 is 0 Å². The summed E-state index contributed by atoms with van der Waals surface area (Å²) in [6.45, 7) is 2.15. The number of unbranched alkanes of at least 4 members (excludes halogenated alkanes) is 2. The summed E-state index contributed by atoms with van der Waals surface area (Å²) in [5.41, 5.74) is 0. The molecule has 0 spiro atoms. The highest BCUT2D eigenvalue weighted by atomic mass is 16.8. The van der Waals surface area contributed by atoms with Crippen molar-refractivity contribution in [2.24, 2.45) is 0 Å². The Labute approximate surface area is 116 Å². The van der Waals surface area contributed by atoms with Gasteiger partial charge in [0, 0.05) is 12.8 Å². The smallest absolute Gasteiger partial charge is 0.368 e. The molecule has 3 nitrogen and oxygen atoms in total. The van der Waals surface area contributed by atoms with Crippen LogP contribution in [0.5, 0.6) is 0 Å². The van der Waals surface area contributed by atoms with E-state index in [1.165, 1.54) is 0 Å². The van der Waals surface area contributed by atoms with E-state index in [1.807, 2.05) is 0 Å². The minimum Gasteiger partial charge on any atom is -0.435 e. The SMILES string of the molecule is CCCCCC(O)(OC1=CCCC1)OC1=CCCC1. The molecule has 2 rings (SSSR count). The Balaban J connectivity index is 1.93. The molecule has 0 aromatic rings. The van der Waals surface area contributed by atoms with Crippen molar-refractivity contribution in [1.82, 2.24) is 0 Å². The molecule has 0 atom stereocenters. The highest BCUT2D eigenvalue weighted by molar-refractivity contribution is 5.02. The van der Waals surface area contributed by atoms with E-state index in [0.717, 1.165) is 69.3 Å². The van der Waals surface area contributed by atoms with Crippen molar-refractivity contribution in [3.05, 3.63) is 23.7 Å². The molecule has 3 heteroatoms. The molecule has 0 unspecified atom stereocenters. The Kier molecular flexibility index (Phi) is 5.32. The molecule has 1 N–H and O–H groups in total. The van der Waals surface area contributed by atoms with Crippen molar-refractivity contribution in [2.75, 3.05) is 0 Å². The van der Waals surface area contributed by atoms with Gasteiger partial charge >= 0.3 is 5.97 Å². The second kappa shape index (κ2) is 6.99. The summed E-state index contributed by atoms with van der Waals surface area (Å²) in [4.78, 5) is 0. The monoisotopic (exact) mass is 266 g/mol. The van der Waals surface area contributed by atoms with E-state index in [2.05, 4.69) is 19.1 Å². The van der Waals surface area contributed by atoms with E-state index in [0.29, 0.717) is 6.42 Å². The number of allylic oxidation sites excluding steroid dienone is 4. The number of hydrogen-bond acceptors (Lipinski definition) is 3. The summed E-state index contributed by atoms with van der Waals surface area (Å²) >= 11 is 0. The van der Waals surface area contributed by atoms with Crippen LogP contribution in [0.15, 0.2) is 23.7 Å². The molecule has 2 aliphatic carbocycles. The molecule has 0 bridgehead atoms. The van der Waals surface area contributed by atoms with Crippen LogP contribution in [0.1, 0.15) is 71.1 Å². The Hall–Kier alpha value is -0.960. The second-order valence-electron chi connectivity index (χ2n) is 5.50. The number of rotatable bonds is 8. The molecule has 19 heavy (non-hydrogen) atoms. The van der Waals surface area contributed by atoms with Gasteiger partial charge in [0.2, 0.25) is 0 Å². The van der Waals surface area contributed by atoms with Crippen LogP contribution in [0.25, 0.3) is 0 Å². The van der Waals surface area contributed by atoms with Crippen LogP contribution in [0.3, 0.4) is 0 Å². The molecule has 0 fully saturated rings. The fourth-order valence-electron chi connectivity index (χ4n) is 2.60. The molecule has 0 saturated heterocycles. The normalized spacial score (nSPS) is 19.3. The molecule has 0 aromatic heterocycles. The topological polar surface area (TPSA) is 38.7 Å². The fraction of sp³-hybridized carbons (Fsp3) is 0.750. The molecule has 0 aliphatic heterocycles. The summed E-state index contributed by atoms with van der Waals surface area (Å²) in [6, 6.07) is 0. The third-order valence-electron chi connectivity index (χ3n) is 3.68. The van der Waals surface area contributed by atoms with E-state index in [1.54, 1.807) is 0 Å². The van der Waals surface area contributed by atoms with Gasteiger partial charge in [-0.05, 0) is 44.3 Å². The van der Waals surface area contributed by atoms with Crippen LogP contribution in [0.2, 0.25) is 0 Å². The molecule has 0 radical (unpaired) electrons. The second-order valence-corrected chi connectivity index (χ2v) is 5.50. The molecule has 0 heterocycles. The van der Waals surface area contributed by atoms with Crippen molar-refractivity contribution in [1.29, 1.82) is 0 Å². The van der Waals surface area contributed by atoms with Crippen molar-refractivity contribution in [2.45, 2.75) is 77.1 Å². The van der Waals surface area contributed by atoms with E-state index >= 15 is 0 Å². The lowest BCUT2D eigenvalue weighted by Gasteiger charge is -2.30. The van der Waals surface area contributed by atoms with E-state index in [9.17, 15) is 5.11 Å². The number of aliphatic hydroxyl groups is 1. The van der Waals surface area contributed by atoms with Crippen LogP contribution in [0.4, 0.5) is 0 Å². The highest BCUT2D eigenvalue weighted by Crippen LogP contribution is 2.32. The Bertz CT molecular complexity index is 318. The highest BCUT2D eigenvalue weighted by Gasteiger charge is 2.34. The first-order valence-electron chi connectivity index (χ1n) is 7.70. The third-order valence-corrected chi connectivity index (χ3v) is 3.68. The third kappa shape index (κ3) is 4.57. The van der Waals surface area contributed by atoms with Crippen LogP contribution in [-0.2, 0) is 9.47 Å². The quantitative estimate of drug-likeness (QED) is 0.523. The molecule has 0 aromatic carbocycles. The van der Waals surface area contributed by atoms with E-state index in [4.69, 9.17) is 9.47 Å². The maximum Gasteiger partial charge on any atom is 0.368 e. The van der Waals surface area contributed by atoms with Gasteiger partial charge in [0.1, 0.15) is 0 Å². The minimum atomic E-state index is -1.46. The van der Waals surface area contributed by atoms with Gasteiger partial charge in [0.05, 0.1) is 17.9 Å². The van der Waals surface area contributed by atoms with Gasteiger partial charge in [0.25, 0.3) is 0 Å². The predicted octanol–water partition coefficient (Wildman–Crippen LogP) is 4.38. The largest absolute Gasteiger partial charge is 0.435 e. The molecule has 0 saturated carbocycles. The first kappa shape index (κ1) is 14.4. The average molecular weight is 266 g/mol. The van der Waals surface area contributed by atoms with Gasteiger partial charge in [0.15, 0.2) is 0 Å². The summed E-state index contributed by atoms with van der Waals surface area (Å²) < 4.78 is 11.5. The zero-order valence-corrected chi connectivity index (χ0v) is 12.0. The van der Waals surface area contributed by atoms with Crippen LogP contribution in [0, 0.1) is 0 Å². The van der Waals surface area contributed by atoms with Crippen molar-refractivity contribution in [3.8, 4) is 0 Å². The van der Waals surface area contributed by atoms with Crippen molar-refractivity contribution in [3.63, 3.8) is 0 Å². The van der Waals surface area contributed by atoms with Crippen molar-refractivity contribution < 1.29 is 14.6 Å². The maximum absolute atomic E-state index is 10.6. The van der Waals surface area contributed by atoms with Crippen LogP contribution >= 0.6 is 0 Å². The Morgan fingerprint density at radius 3 is 2.05 bits per heavy atom. The lowest BCUT2D eigenvalue weighted by Crippen LogP contribution is -2.35. The Morgan fingerprint density at radius 2 is 1.63 bits per heavy atom. The molecular formula is C16H26O3. The van der Waals surface area contributed by atoms with Gasteiger partial charge in [-0.1, -0.05) is 19.8 Å². The van der Waals surface area contributed by atoms with Crippen LogP contribution in [-0.4, -0.2) is 11.1 Å². The maximum atomic E-state index is 10.6. The zero-order valence-electron chi connectivity index (χ0n) is 12.0. The molecule has 108 valence electrons. The Morgan fingerprint density at radius 1 is 1.05 bits per heavy atom. The minimum absolute atomic E-state index is 0.537. The number of ether oxygens (including phenoxy) is 2. The zero-order chi connectivity index (χ0) is 13.6. The van der Waals surface area contributed by atoms with Gasteiger partial charge in [-0.3, -0.25) is 0 Å².